The van der Waals surface area contributed by atoms with Gasteiger partial charge in [-0.3, -0.25) is 14.5 Å². The molecule has 0 aromatic carbocycles. The van der Waals surface area contributed by atoms with E-state index >= 15 is 0 Å². The first-order valence-corrected chi connectivity index (χ1v) is 8.47. The maximum Gasteiger partial charge on any atom is 0.243 e. The number of aromatic amines is 1. The van der Waals surface area contributed by atoms with Crippen molar-refractivity contribution in [1.29, 1.82) is 0 Å². The summed E-state index contributed by atoms with van der Waals surface area (Å²) in [7, 11) is 0. The molecule has 0 aliphatic heterocycles. The first-order valence-electron chi connectivity index (χ1n) is 7.18. The van der Waals surface area contributed by atoms with Gasteiger partial charge in [0.2, 0.25) is 5.91 Å². The molecule has 0 unspecified atom stereocenters. The normalized spacial score (nSPS) is 17.0. The minimum absolute atomic E-state index is 0.0113. The van der Waals surface area contributed by atoms with Crippen LogP contribution in [0.1, 0.15) is 38.6 Å². The summed E-state index contributed by atoms with van der Waals surface area (Å²) in [6, 6.07) is 3.89. The summed E-state index contributed by atoms with van der Waals surface area (Å²) in [4.78, 5) is 13.5. The summed E-state index contributed by atoms with van der Waals surface area (Å²) in [5.41, 5.74) is 0. The molecule has 0 radical (unpaired) electrons. The number of hydrogen-bond donors (Lipinski definition) is 2. The van der Waals surface area contributed by atoms with Crippen molar-refractivity contribution in [1.82, 2.24) is 20.1 Å². The third kappa shape index (κ3) is 2.94. The largest absolute Gasteiger partial charge is 0.352 e. The molecule has 2 N–H and O–H groups in total. The lowest BCUT2D eigenvalue weighted by molar-refractivity contribution is -0.124. The van der Waals surface area contributed by atoms with Crippen LogP contribution in [0.5, 0.6) is 0 Å². The van der Waals surface area contributed by atoms with Crippen molar-refractivity contribution >= 4 is 29.5 Å². The first-order chi connectivity index (χ1) is 10.2. The van der Waals surface area contributed by atoms with Gasteiger partial charge in [0, 0.05) is 6.04 Å². The Kier molecular flexibility index (Phi) is 4.21. The second kappa shape index (κ2) is 6.11. The Balaban J connectivity index is 1.84. The van der Waals surface area contributed by atoms with E-state index in [9.17, 15) is 4.79 Å². The summed E-state index contributed by atoms with van der Waals surface area (Å²) in [5.74, 6) is 0.737. The molecule has 1 aliphatic carbocycles. The van der Waals surface area contributed by atoms with Crippen molar-refractivity contribution in [2.24, 2.45) is 0 Å². The highest BCUT2D eigenvalue weighted by Crippen LogP contribution is 2.26. The monoisotopic (exact) mass is 322 g/mol. The molecule has 112 valence electrons. The van der Waals surface area contributed by atoms with Crippen LogP contribution in [0.3, 0.4) is 0 Å². The smallest absolute Gasteiger partial charge is 0.243 e. The molecule has 7 heteroatoms. The highest BCUT2D eigenvalue weighted by Gasteiger charge is 2.24. The summed E-state index contributed by atoms with van der Waals surface area (Å²) >= 11 is 6.88. The van der Waals surface area contributed by atoms with Gasteiger partial charge in [-0.15, -0.1) is 11.3 Å². The number of rotatable bonds is 4. The van der Waals surface area contributed by atoms with Crippen molar-refractivity contribution in [3.8, 4) is 10.7 Å². The Morgan fingerprint density at radius 3 is 3.00 bits per heavy atom. The van der Waals surface area contributed by atoms with Crippen LogP contribution in [0.2, 0.25) is 0 Å². The number of hydrogen-bond acceptors (Lipinski definition) is 4. The molecule has 1 aliphatic rings. The van der Waals surface area contributed by atoms with Crippen molar-refractivity contribution in [3.05, 3.63) is 22.3 Å². The Bertz CT molecular complexity index is 667. The quantitative estimate of drug-likeness (QED) is 0.849. The molecule has 1 atom stereocenters. The number of carbonyl (C=O) groups is 1. The van der Waals surface area contributed by atoms with Gasteiger partial charge in [0.25, 0.3) is 0 Å². The molecule has 3 rings (SSSR count). The van der Waals surface area contributed by atoms with Gasteiger partial charge in [0.1, 0.15) is 6.04 Å². The van der Waals surface area contributed by atoms with Gasteiger partial charge in [-0.1, -0.05) is 18.9 Å². The molecule has 1 saturated carbocycles. The highest BCUT2D eigenvalue weighted by molar-refractivity contribution is 7.71. The zero-order valence-corrected chi connectivity index (χ0v) is 13.5. The summed E-state index contributed by atoms with van der Waals surface area (Å²) in [6.45, 7) is 1.87. The fourth-order valence-corrected chi connectivity index (χ4v) is 3.75. The standard InChI is InChI=1S/C14H18N4OS2/c1-9(13(19)15-10-5-2-3-6-10)18-12(16-17-14(18)20)11-7-4-8-21-11/h4,7-10H,2-3,5-6H2,1H3,(H,15,19)(H,17,20)/t9-/m1/s1. The zero-order valence-electron chi connectivity index (χ0n) is 11.8. The number of nitrogens with one attached hydrogen (secondary N) is 2. The van der Waals surface area contributed by atoms with Crippen LogP contribution in [-0.2, 0) is 4.79 Å². The number of aromatic nitrogens is 3. The van der Waals surface area contributed by atoms with Crippen LogP contribution in [0.4, 0.5) is 0 Å². The lowest BCUT2D eigenvalue weighted by Crippen LogP contribution is -2.37. The molecule has 1 fully saturated rings. The minimum atomic E-state index is -0.367. The third-order valence-electron chi connectivity index (χ3n) is 3.91. The van der Waals surface area contributed by atoms with Gasteiger partial charge < -0.3 is 5.32 Å². The van der Waals surface area contributed by atoms with Crippen molar-refractivity contribution in [3.63, 3.8) is 0 Å². The van der Waals surface area contributed by atoms with E-state index in [1.54, 1.807) is 15.9 Å². The number of amides is 1. The predicted octanol–water partition coefficient (Wildman–Crippen LogP) is 3.29. The molecule has 0 bridgehead atoms. The maximum absolute atomic E-state index is 12.5. The number of thiophene rings is 1. The maximum atomic E-state index is 12.5. The second-order valence-electron chi connectivity index (χ2n) is 5.37. The number of nitrogens with zero attached hydrogens (tertiary/aromatic N) is 2. The van der Waals surface area contributed by atoms with Gasteiger partial charge in [-0.05, 0) is 43.4 Å². The average molecular weight is 322 g/mol. The zero-order chi connectivity index (χ0) is 14.8. The van der Waals surface area contributed by atoms with Gasteiger partial charge in [-0.25, -0.2) is 0 Å². The lowest BCUT2D eigenvalue weighted by atomic mass is 10.2. The fourth-order valence-electron chi connectivity index (χ4n) is 2.75. The van der Waals surface area contributed by atoms with E-state index in [0.29, 0.717) is 10.8 Å². The predicted molar refractivity (Wildman–Crippen MR) is 85.8 cm³/mol. The summed E-state index contributed by atoms with van der Waals surface area (Å²) < 4.78 is 2.28. The van der Waals surface area contributed by atoms with Gasteiger partial charge in [0.05, 0.1) is 4.88 Å². The van der Waals surface area contributed by atoms with Crippen LogP contribution in [0.25, 0.3) is 10.7 Å². The Labute approximate surface area is 132 Å². The molecule has 2 aromatic rings. The van der Waals surface area contributed by atoms with Crippen LogP contribution in [-0.4, -0.2) is 26.7 Å². The minimum Gasteiger partial charge on any atom is -0.352 e. The Morgan fingerprint density at radius 2 is 2.33 bits per heavy atom. The molecular formula is C14H18N4OS2. The molecule has 5 nitrogen and oxygen atoms in total. The van der Waals surface area contributed by atoms with E-state index in [-0.39, 0.29) is 11.9 Å². The fraction of sp³-hybridized carbons (Fsp3) is 0.500. The van der Waals surface area contributed by atoms with Crippen molar-refractivity contribution < 1.29 is 4.79 Å². The van der Waals surface area contributed by atoms with Crippen LogP contribution < -0.4 is 5.32 Å². The van der Waals surface area contributed by atoms with Gasteiger partial charge in [-0.2, -0.15) is 5.10 Å². The van der Waals surface area contributed by atoms with Crippen LogP contribution in [0.15, 0.2) is 17.5 Å². The third-order valence-corrected chi connectivity index (χ3v) is 5.07. The van der Waals surface area contributed by atoms with E-state index in [1.807, 2.05) is 24.4 Å². The number of H-pyrrole nitrogens is 1. The van der Waals surface area contributed by atoms with Gasteiger partial charge >= 0.3 is 0 Å². The average Bonchev–Trinajstić information content (AvgIpc) is 3.18. The first kappa shape index (κ1) is 14.5. The van der Waals surface area contributed by atoms with Crippen molar-refractivity contribution in [2.75, 3.05) is 0 Å². The molecule has 2 aromatic heterocycles. The molecule has 2 heterocycles. The molecule has 0 saturated heterocycles. The summed E-state index contributed by atoms with van der Waals surface area (Å²) in [5, 5.41) is 12.2. The van der Waals surface area contributed by atoms with E-state index in [1.165, 1.54) is 12.8 Å². The van der Waals surface area contributed by atoms with E-state index in [4.69, 9.17) is 12.2 Å². The molecule has 1 amide bonds. The lowest BCUT2D eigenvalue weighted by Gasteiger charge is -2.18. The van der Waals surface area contributed by atoms with Gasteiger partial charge in [0.15, 0.2) is 10.6 Å². The SMILES string of the molecule is C[C@H](C(=O)NC1CCCC1)n1c(-c2cccs2)n[nH]c1=S. The van der Waals surface area contributed by atoms with E-state index in [2.05, 4.69) is 15.5 Å². The van der Waals surface area contributed by atoms with Crippen LogP contribution in [0, 0.1) is 4.77 Å². The second-order valence-corrected chi connectivity index (χ2v) is 6.70. The van der Waals surface area contributed by atoms with E-state index < -0.39 is 0 Å². The molecule has 21 heavy (non-hydrogen) atoms. The van der Waals surface area contributed by atoms with Crippen molar-refractivity contribution in [2.45, 2.75) is 44.7 Å². The number of carbonyl (C=O) groups excluding carboxylic acids is 1. The van der Waals surface area contributed by atoms with E-state index in [0.717, 1.165) is 23.5 Å². The molecule has 0 spiro atoms. The topological polar surface area (TPSA) is 62.7 Å². The Hall–Kier alpha value is -1.47. The Morgan fingerprint density at radius 1 is 1.57 bits per heavy atom. The van der Waals surface area contributed by atoms with Crippen LogP contribution >= 0.6 is 23.6 Å². The molecular weight excluding hydrogens is 304 g/mol. The summed E-state index contributed by atoms with van der Waals surface area (Å²) in [6.07, 6.45) is 4.55. The highest BCUT2D eigenvalue weighted by atomic mass is 32.1.